The van der Waals surface area contributed by atoms with Crippen molar-refractivity contribution in [1.82, 2.24) is 15.2 Å². The number of nitrogens with two attached hydrogens (primary N) is 1. The lowest BCUT2D eigenvalue weighted by Gasteiger charge is -1.93. The second kappa shape index (κ2) is 3.38. The van der Waals surface area contributed by atoms with E-state index >= 15 is 0 Å². The summed E-state index contributed by atoms with van der Waals surface area (Å²) in [6.45, 7) is 0. The van der Waals surface area contributed by atoms with E-state index in [-0.39, 0.29) is 0 Å². The Morgan fingerprint density at radius 1 is 1.25 bits per heavy atom. The number of nitrogen functional groups attached to an aromatic ring is 1. The van der Waals surface area contributed by atoms with Crippen molar-refractivity contribution in [2.75, 3.05) is 5.73 Å². The summed E-state index contributed by atoms with van der Waals surface area (Å²) in [4.78, 5) is 3.30. The number of hydrogen-bond donors (Lipinski definition) is 3. The number of rotatable bonds is 1. The number of anilines is 1. The smallest absolute Gasteiger partial charge is 0.104 e. The van der Waals surface area contributed by atoms with Gasteiger partial charge in [-0.3, -0.25) is 5.10 Å². The van der Waals surface area contributed by atoms with Gasteiger partial charge in [0.2, 0.25) is 0 Å². The van der Waals surface area contributed by atoms with Crippen LogP contribution in [-0.2, 0) is 0 Å². The minimum absolute atomic E-state index is 0.644. The maximum Gasteiger partial charge on any atom is 0.104 e. The quantitative estimate of drug-likeness (QED) is 0.640. The molecule has 3 rings (SSSR count). The van der Waals surface area contributed by atoms with Gasteiger partial charge in [-0.2, -0.15) is 5.10 Å². The molecule has 0 aliphatic heterocycles. The van der Waals surface area contributed by atoms with Gasteiger partial charge in [0.25, 0.3) is 0 Å². The number of H-pyrrole nitrogens is 2. The van der Waals surface area contributed by atoms with Crippen molar-refractivity contribution in [3.8, 4) is 11.4 Å². The number of nitrogens with zero attached hydrogens (tertiary/aromatic N) is 1. The van der Waals surface area contributed by atoms with Crippen LogP contribution >= 0.6 is 15.9 Å². The van der Waals surface area contributed by atoms with Gasteiger partial charge in [-0.15, -0.1) is 0 Å². The maximum absolute atomic E-state index is 5.80. The lowest BCUT2D eigenvalue weighted by molar-refractivity contribution is 1.09. The first-order valence-corrected chi connectivity index (χ1v) is 5.61. The lowest BCUT2D eigenvalue weighted by Crippen LogP contribution is -1.85. The van der Waals surface area contributed by atoms with E-state index in [1.807, 2.05) is 24.3 Å². The zero-order valence-corrected chi connectivity index (χ0v) is 9.88. The van der Waals surface area contributed by atoms with Gasteiger partial charge in [0.1, 0.15) is 5.69 Å². The summed E-state index contributed by atoms with van der Waals surface area (Å²) in [5.41, 5.74) is 9.29. The highest BCUT2D eigenvalue weighted by molar-refractivity contribution is 9.10. The molecule has 1 aromatic carbocycles. The maximum atomic E-state index is 5.80. The minimum atomic E-state index is 0.644. The highest BCUT2D eigenvalue weighted by Gasteiger charge is 2.08. The fourth-order valence-electron chi connectivity index (χ4n) is 1.75. The molecule has 16 heavy (non-hydrogen) atoms. The number of aromatic amines is 2. The van der Waals surface area contributed by atoms with Crippen LogP contribution < -0.4 is 5.73 Å². The standard InChI is InChI=1S/C11H9BrN4/c12-7-2-1-6-3-10(15-9(6)4-7)11-8(13)5-14-16-11/h1-5,15H,13H2,(H,14,16). The summed E-state index contributed by atoms with van der Waals surface area (Å²) in [5.74, 6) is 0. The van der Waals surface area contributed by atoms with Crippen molar-refractivity contribution < 1.29 is 0 Å². The molecule has 0 spiro atoms. The predicted molar refractivity (Wildman–Crippen MR) is 68.0 cm³/mol. The molecule has 0 atom stereocenters. The molecule has 0 aliphatic carbocycles. The van der Waals surface area contributed by atoms with Crippen LogP contribution in [0.2, 0.25) is 0 Å². The molecule has 80 valence electrons. The van der Waals surface area contributed by atoms with Crippen LogP contribution in [0.25, 0.3) is 22.3 Å². The summed E-state index contributed by atoms with van der Waals surface area (Å²) in [6.07, 6.45) is 1.61. The van der Waals surface area contributed by atoms with E-state index in [4.69, 9.17) is 5.73 Å². The second-order valence-electron chi connectivity index (χ2n) is 3.61. The molecule has 0 saturated carbocycles. The van der Waals surface area contributed by atoms with Crippen molar-refractivity contribution in [3.05, 3.63) is 34.9 Å². The molecule has 0 radical (unpaired) electrons. The molecule has 5 heteroatoms. The number of fused-ring (bicyclic) bond motifs is 1. The summed E-state index contributed by atoms with van der Waals surface area (Å²) in [7, 11) is 0. The zero-order chi connectivity index (χ0) is 11.1. The Kier molecular flexibility index (Phi) is 2.00. The summed E-state index contributed by atoms with van der Waals surface area (Å²) < 4.78 is 1.05. The van der Waals surface area contributed by atoms with Crippen LogP contribution in [0.3, 0.4) is 0 Å². The first kappa shape index (κ1) is 9.47. The highest BCUT2D eigenvalue weighted by Crippen LogP contribution is 2.27. The van der Waals surface area contributed by atoms with E-state index in [0.29, 0.717) is 5.69 Å². The third kappa shape index (κ3) is 1.40. The Balaban J connectivity index is 2.23. The van der Waals surface area contributed by atoms with Gasteiger partial charge in [0, 0.05) is 15.4 Å². The molecule has 0 bridgehead atoms. The van der Waals surface area contributed by atoms with E-state index in [0.717, 1.165) is 26.8 Å². The highest BCUT2D eigenvalue weighted by atomic mass is 79.9. The van der Waals surface area contributed by atoms with Gasteiger partial charge in [0.15, 0.2) is 0 Å². The van der Waals surface area contributed by atoms with Crippen molar-refractivity contribution in [3.63, 3.8) is 0 Å². The largest absolute Gasteiger partial charge is 0.396 e. The van der Waals surface area contributed by atoms with Crippen molar-refractivity contribution in [2.24, 2.45) is 0 Å². The van der Waals surface area contributed by atoms with Crippen LogP contribution in [0.5, 0.6) is 0 Å². The Morgan fingerprint density at radius 3 is 2.88 bits per heavy atom. The van der Waals surface area contributed by atoms with E-state index in [1.54, 1.807) is 6.20 Å². The van der Waals surface area contributed by atoms with Crippen molar-refractivity contribution in [2.45, 2.75) is 0 Å². The molecule has 0 amide bonds. The molecule has 0 fully saturated rings. The number of aromatic nitrogens is 3. The third-order valence-electron chi connectivity index (χ3n) is 2.52. The van der Waals surface area contributed by atoms with Gasteiger partial charge in [0.05, 0.1) is 17.6 Å². The minimum Gasteiger partial charge on any atom is -0.396 e. The number of hydrogen-bond acceptors (Lipinski definition) is 2. The molecule has 2 heterocycles. The molecule has 4 nitrogen and oxygen atoms in total. The summed E-state index contributed by atoms with van der Waals surface area (Å²) in [6, 6.07) is 8.14. The van der Waals surface area contributed by atoms with Gasteiger partial charge in [-0.25, -0.2) is 0 Å². The normalized spacial score (nSPS) is 11.1. The van der Waals surface area contributed by atoms with Crippen LogP contribution in [-0.4, -0.2) is 15.2 Å². The first-order valence-electron chi connectivity index (χ1n) is 4.81. The molecular weight excluding hydrogens is 268 g/mol. The number of benzene rings is 1. The third-order valence-corrected chi connectivity index (χ3v) is 3.02. The van der Waals surface area contributed by atoms with Crippen LogP contribution in [0.4, 0.5) is 5.69 Å². The van der Waals surface area contributed by atoms with Gasteiger partial charge >= 0.3 is 0 Å². The summed E-state index contributed by atoms with van der Waals surface area (Å²) >= 11 is 3.44. The zero-order valence-electron chi connectivity index (χ0n) is 8.29. The molecule has 2 aromatic heterocycles. The van der Waals surface area contributed by atoms with Crippen molar-refractivity contribution in [1.29, 1.82) is 0 Å². The molecular formula is C11H9BrN4. The van der Waals surface area contributed by atoms with Crippen LogP contribution in [0.1, 0.15) is 0 Å². The molecule has 0 saturated heterocycles. The van der Waals surface area contributed by atoms with Gasteiger partial charge < -0.3 is 10.7 Å². The SMILES string of the molecule is Nc1cn[nH]c1-c1cc2ccc(Br)cc2[nH]1. The summed E-state index contributed by atoms with van der Waals surface area (Å²) in [5, 5.41) is 7.93. The molecule has 3 aromatic rings. The van der Waals surface area contributed by atoms with E-state index in [9.17, 15) is 0 Å². The second-order valence-corrected chi connectivity index (χ2v) is 4.53. The molecule has 4 N–H and O–H groups in total. The van der Waals surface area contributed by atoms with E-state index < -0.39 is 0 Å². The molecule has 0 aliphatic rings. The van der Waals surface area contributed by atoms with Gasteiger partial charge in [-0.05, 0) is 18.2 Å². The Labute approximate surface area is 100.0 Å². The van der Waals surface area contributed by atoms with Crippen molar-refractivity contribution >= 4 is 32.5 Å². The van der Waals surface area contributed by atoms with E-state index in [2.05, 4.69) is 31.1 Å². The predicted octanol–water partition coefficient (Wildman–Crippen LogP) is 2.90. The van der Waals surface area contributed by atoms with Crippen LogP contribution in [0.15, 0.2) is 34.9 Å². The topological polar surface area (TPSA) is 70.5 Å². The fourth-order valence-corrected chi connectivity index (χ4v) is 2.11. The fraction of sp³-hybridized carbons (Fsp3) is 0. The Bertz CT molecular complexity index is 653. The lowest BCUT2D eigenvalue weighted by atomic mass is 10.2. The monoisotopic (exact) mass is 276 g/mol. The molecule has 0 unspecified atom stereocenters. The Morgan fingerprint density at radius 2 is 2.12 bits per heavy atom. The number of halogens is 1. The van der Waals surface area contributed by atoms with Crippen LogP contribution in [0, 0.1) is 0 Å². The average molecular weight is 277 g/mol. The first-order chi connectivity index (χ1) is 7.74. The number of nitrogens with one attached hydrogen (secondary N) is 2. The Hall–Kier alpha value is -1.75. The van der Waals surface area contributed by atoms with Gasteiger partial charge in [-0.1, -0.05) is 22.0 Å². The average Bonchev–Trinajstić information content (AvgIpc) is 2.82. The van der Waals surface area contributed by atoms with E-state index in [1.165, 1.54) is 0 Å².